The molecular formula is C40H58N2+2. The maximum Gasteiger partial charge on any atom is 0.176 e. The van der Waals surface area contributed by atoms with Crippen molar-refractivity contribution in [2.45, 2.75) is 142 Å². The molecule has 2 heteroatoms. The summed E-state index contributed by atoms with van der Waals surface area (Å²) in [7, 11) is 0. The molecule has 0 atom stereocenters. The minimum absolute atomic E-state index is 1.15. The Morgan fingerprint density at radius 2 is 0.548 bits per heavy atom. The fraction of sp³-hybridized carbons (Fsp3) is 0.550. The van der Waals surface area contributed by atoms with Crippen LogP contribution in [0.3, 0.4) is 0 Å². The van der Waals surface area contributed by atoms with Crippen LogP contribution in [0.4, 0.5) is 0 Å². The van der Waals surface area contributed by atoms with Gasteiger partial charge in [0, 0.05) is 35.7 Å². The second kappa shape index (κ2) is 20.2. The van der Waals surface area contributed by atoms with E-state index in [9.17, 15) is 0 Å². The number of fused-ring (bicyclic) bond motifs is 2. The van der Waals surface area contributed by atoms with Gasteiger partial charge >= 0.3 is 0 Å². The van der Waals surface area contributed by atoms with Crippen LogP contribution in [0.5, 0.6) is 0 Å². The minimum Gasteiger partial charge on any atom is -0.205 e. The highest BCUT2D eigenvalue weighted by atomic mass is 14.9. The molecule has 0 unspecified atom stereocenters. The molecule has 0 N–H and O–H groups in total. The largest absolute Gasteiger partial charge is 0.205 e. The number of nitrogens with zero attached hydrogens (tertiary/aromatic N) is 2. The summed E-state index contributed by atoms with van der Waals surface area (Å²) in [4.78, 5) is 0. The van der Waals surface area contributed by atoms with Crippen LogP contribution < -0.4 is 9.13 Å². The molecule has 0 amide bonds. The number of aromatic nitrogens is 2. The van der Waals surface area contributed by atoms with Gasteiger partial charge in [-0.25, -0.2) is 9.13 Å². The summed E-state index contributed by atoms with van der Waals surface area (Å²) in [5.74, 6) is 0. The van der Waals surface area contributed by atoms with Crippen LogP contribution in [0, 0.1) is 0 Å². The van der Waals surface area contributed by atoms with Crippen molar-refractivity contribution in [2.75, 3.05) is 0 Å². The fourth-order valence-electron chi connectivity index (χ4n) is 6.40. The first-order valence-electron chi connectivity index (χ1n) is 17.6. The Balaban J connectivity index is 0.837. The number of unbranched alkanes of at least 4 members (excludes halogenated alkanes) is 19. The van der Waals surface area contributed by atoms with Crippen LogP contribution >= 0.6 is 0 Å². The van der Waals surface area contributed by atoms with E-state index in [1.54, 1.807) is 0 Å². The number of benzene rings is 2. The lowest BCUT2D eigenvalue weighted by Crippen LogP contribution is -2.32. The molecule has 0 bridgehead atoms. The average Bonchev–Trinajstić information content (AvgIpc) is 3.03. The lowest BCUT2D eigenvalue weighted by Gasteiger charge is -2.04. The van der Waals surface area contributed by atoms with Gasteiger partial charge in [0.15, 0.2) is 24.8 Å². The summed E-state index contributed by atoms with van der Waals surface area (Å²) in [6.07, 6.45) is 37.5. The van der Waals surface area contributed by atoms with Gasteiger partial charge in [-0.1, -0.05) is 139 Å². The molecule has 226 valence electrons. The van der Waals surface area contributed by atoms with Crippen LogP contribution in [0.15, 0.2) is 85.5 Å². The van der Waals surface area contributed by atoms with Crippen LogP contribution in [-0.4, -0.2) is 0 Å². The minimum atomic E-state index is 1.15. The van der Waals surface area contributed by atoms with Gasteiger partial charge in [-0.15, -0.1) is 0 Å². The summed E-state index contributed by atoms with van der Waals surface area (Å²) >= 11 is 0. The third kappa shape index (κ3) is 12.6. The third-order valence-electron chi connectivity index (χ3n) is 9.08. The number of hydrogen-bond donors (Lipinski definition) is 0. The number of aryl methyl sites for hydroxylation is 2. The molecule has 42 heavy (non-hydrogen) atoms. The number of rotatable bonds is 23. The first-order chi connectivity index (χ1) is 20.9. The Labute approximate surface area is 257 Å². The first-order valence-corrected chi connectivity index (χ1v) is 17.6. The van der Waals surface area contributed by atoms with E-state index >= 15 is 0 Å². The van der Waals surface area contributed by atoms with Gasteiger partial charge in [-0.3, -0.25) is 0 Å². The zero-order chi connectivity index (χ0) is 28.9. The normalized spacial score (nSPS) is 11.5. The Hall–Kier alpha value is -2.74. The molecule has 0 aliphatic carbocycles. The summed E-state index contributed by atoms with van der Waals surface area (Å²) in [6, 6.07) is 21.8. The second-order valence-corrected chi connectivity index (χ2v) is 12.7. The highest BCUT2D eigenvalue weighted by Gasteiger charge is 2.04. The molecule has 0 aliphatic heterocycles. The Morgan fingerprint density at radius 3 is 0.857 bits per heavy atom. The first kappa shape index (κ1) is 32.2. The van der Waals surface area contributed by atoms with Crippen LogP contribution in [0.2, 0.25) is 0 Å². The average molecular weight is 567 g/mol. The SMILES string of the molecule is c1ccc2c[n+](CCCCCCCCCCCCCCCCCCCCCC[n+]3ccc4ccccc4c3)ccc2c1. The van der Waals surface area contributed by atoms with Crippen molar-refractivity contribution in [1.29, 1.82) is 0 Å². The topological polar surface area (TPSA) is 7.76 Å². The quantitative estimate of drug-likeness (QED) is 0.0623. The van der Waals surface area contributed by atoms with E-state index in [1.165, 1.54) is 150 Å². The van der Waals surface area contributed by atoms with E-state index in [0.717, 1.165) is 13.1 Å². The van der Waals surface area contributed by atoms with Crippen molar-refractivity contribution in [1.82, 2.24) is 0 Å². The zero-order valence-corrected chi connectivity index (χ0v) is 26.5. The summed E-state index contributed by atoms with van der Waals surface area (Å²) < 4.78 is 4.72. The van der Waals surface area contributed by atoms with Crippen molar-refractivity contribution in [3.05, 3.63) is 85.5 Å². The van der Waals surface area contributed by atoms with Crippen molar-refractivity contribution >= 4 is 21.5 Å². The zero-order valence-electron chi connectivity index (χ0n) is 26.5. The molecule has 0 saturated heterocycles. The molecule has 4 rings (SSSR count). The second-order valence-electron chi connectivity index (χ2n) is 12.7. The highest BCUT2D eigenvalue weighted by Crippen LogP contribution is 2.16. The van der Waals surface area contributed by atoms with E-state index in [2.05, 4.69) is 94.6 Å². The molecule has 2 aromatic heterocycles. The molecular weight excluding hydrogens is 508 g/mol. The molecule has 0 spiro atoms. The standard InChI is InChI=1S/C40H58N2/c1(3-5-7-9-11-13-15-17-23-31-41-33-29-37-25-19-21-27-39(37)35-41)2-4-6-8-10-12-14-16-18-24-32-42-34-30-38-26-20-22-28-40(38)36-42/h19-22,25-30,33-36H,1-18,23-24,31-32H2/q+2. The van der Waals surface area contributed by atoms with Gasteiger partial charge in [-0.05, 0) is 35.7 Å². The lowest BCUT2D eigenvalue weighted by atomic mass is 10.0. The van der Waals surface area contributed by atoms with Crippen molar-refractivity contribution in [3.8, 4) is 0 Å². The van der Waals surface area contributed by atoms with Gasteiger partial charge in [0.25, 0.3) is 0 Å². The van der Waals surface area contributed by atoms with Gasteiger partial charge in [-0.2, -0.15) is 0 Å². The molecule has 0 fully saturated rings. The number of hydrogen-bond acceptors (Lipinski definition) is 0. The molecule has 0 saturated carbocycles. The van der Waals surface area contributed by atoms with Crippen molar-refractivity contribution in [2.24, 2.45) is 0 Å². The van der Waals surface area contributed by atoms with E-state index < -0.39 is 0 Å². The summed E-state index contributed by atoms with van der Waals surface area (Å²) in [5.41, 5.74) is 0. The van der Waals surface area contributed by atoms with E-state index in [1.807, 2.05) is 0 Å². The maximum atomic E-state index is 2.36. The predicted molar refractivity (Wildman–Crippen MR) is 181 cm³/mol. The van der Waals surface area contributed by atoms with Crippen LogP contribution in [0.1, 0.15) is 128 Å². The van der Waals surface area contributed by atoms with Gasteiger partial charge in [0.2, 0.25) is 0 Å². The van der Waals surface area contributed by atoms with E-state index in [4.69, 9.17) is 0 Å². The van der Waals surface area contributed by atoms with Gasteiger partial charge in [0.1, 0.15) is 13.1 Å². The molecule has 0 aliphatic rings. The summed E-state index contributed by atoms with van der Waals surface area (Å²) in [6.45, 7) is 2.30. The van der Waals surface area contributed by atoms with Crippen LogP contribution in [-0.2, 0) is 13.1 Å². The molecule has 2 aromatic carbocycles. The molecule has 2 heterocycles. The van der Waals surface area contributed by atoms with Crippen molar-refractivity contribution < 1.29 is 9.13 Å². The Kier molecular flexibility index (Phi) is 15.5. The smallest absolute Gasteiger partial charge is 0.176 e. The molecule has 0 radical (unpaired) electrons. The third-order valence-corrected chi connectivity index (χ3v) is 9.08. The number of pyridine rings is 2. The summed E-state index contributed by atoms with van der Waals surface area (Å²) in [5, 5.41) is 5.37. The monoisotopic (exact) mass is 566 g/mol. The fourth-order valence-corrected chi connectivity index (χ4v) is 6.40. The predicted octanol–water partition coefficient (Wildman–Crippen LogP) is 11.1. The van der Waals surface area contributed by atoms with Crippen molar-refractivity contribution in [3.63, 3.8) is 0 Å². The lowest BCUT2D eigenvalue weighted by molar-refractivity contribution is -0.696. The Bertz CT molecular complexity index is 1160. The van der Waals surface area contributed by atoms with Gasteiger partial charge < -0.3 is 0 Å². The Morgan fingerprint density at radius 1 is 0.286 bits per heavy atom. The highest BCUT2D eigenvalue weighted by molar-refractivity contribution is 5.80. The molecule has 4 aromatic rings. The van der Waals surface area contributed by atoms with E-state index in [0.29, 0.717) is 0 Å². The van der Waals surface area contributed by atoms with Crippen LogP contribution in [0.25, 0.3) is 21.5 Å². The maximum absolute atomic E-state index is 2.36. The van der Waals surface area contributed by atoms with Gasteiger partial charge in [0.05, 0.1) is 0 Å². The van der Waals surface area contributed by atoms with E-state index in [-0.39, 0.29) is 0 Å². The molecule has 2 nitrogen and oxygen atoms in total.